The van der Waals surface area contributed by atoms with E-state index in [4.69, 9.17) is 9.15 Å². The normalized spacial score (nSPS) is 11.2. The number of carbonyl (C=O) groups is 1. The molecule has 0 aliphatic heterocycles. The van der Waals surface area contributed by atoms with E-state index in [9.17, 15) is 14.7 Å². The molecule has 0 saturated carbocycles. The zero-order valence-corrected chi connectivity index (χ0v) is 18.7. The van der Waals surface area contributed by atoms with Crippen LogP contribution in [0, 0.1) is 6.92 Å². The maximum absolute atomic E-state index is 13.0. The van der Waals surface area contributed by atoms with Gasteiger partial charge in [0.15, 0.2) is 0 Å². The van der Waals surface area contributed by atoms with Gasteiger partial charge in [-0.05, 0) is 75.6 Å². The van der Waals surface area contributed by atoms with Crippen molar-refractivity contribution in [3.8, 4) is 28.4 Å². The molecular formula is C25H25N3O5. The van der Waals surface area contributed by atoms with Crippen LogP contribution >= 0.6 is 0 Å². The minimum atomic E-state index is -1.03. The quantitative estimate of drug-likeness (QED) is 0.442. The molecule has 0 saturated heterocycles. The number of carboxylic acid groups (broad SMARTS) is 1. The van der Waals surface area contributed by atoms with Crippen LogP contribution in [0.4, 0.5) is 0 Å². The Kier molecular flexibility index (Phi) is 6.19. The number of rotatable bonds is 8. The number of imidazole rings is 1. The molecule has 4 aromatic rings. The minimum absolute atomic E-state index is 0.136. The minimum Gasteiger partial charge on any atom is -0.492 e. The summed E-state index contributed by atoms with van der Waals surface area (Å²) in [6, 6.07) is 16.1. The highest BCUT2D eigenvalue weighted by Gasteiger charge is 2.15. The fourth-order valence-electron chi connectivity index (χ4n) is 3.44. The van der Waals surface area contributed by atoms with E-state index in [1.54, 1.807) is 52.7 Å². The smallest absolute Gasteiger partial charge is 0.339 e. The fraction of sp³-hybridized carbons (Fsp3) is 0.200. The first kappa shape index (κ1) is 22.2. The van der Waals surface area contributed by atoms with E-state index in [-0.39, 0.29) is 11.3 Å². The topological polar surface area (TPSA) is 89.8 Å². The third kappa shape index (κ3) is 4.75. The molecule has 4 rings (SSSR count). The summed E-state index contributed by atoms with van der Waals surface area (Å²) in [6.07, 6.45) is 3.42. The van der Waals surface area contributed by atoms with Crippen molar-refractivity contribution >= 4 is 5.97 Å². The first-order valence-electron chi connectivity index (χ1n) is 10.5. The second-order valence-electron chi connectivity index (χ2n) is 7.90. The summed E-state index contributed by atoms with van der Waals surface area (Å²) in [7, 11) is 3.98. The number of furan rings is 1. The second kappa shape index (κ2) is 9.22. The molecule has 0 bridgehead atoms. The maximum atomic E-state index is 13.0. The van der Waals surface area contributed by atoms with Crippen molar-refractivity contribution in [2.75, 3.05) is 27.2 Å². The van der Waals surface area contributed by atoms with Crippen molar-refractivity contribution < 1.29 is 19.1 Å². The maximum Gasteiger partial charge on any atom is 0.339 e. The average Bonchev–Trinajstić information content (AvgIpc) is 3.37. The lowest BCUT2D eigenvalue weighted by Gasteiger charge is -2.11. The molecule has 8 heteroatoms. The van der Waals surface area contributed by atoms with Gasteiger partial charge in [-0.25, -0.2) is 9.59 Å². The number of aromatic carboxylic acids is 1. The lowest BCUT2D eigenvalue weighted by molar-refractivity contribution is 0.0695. The zero-order chi connectivity index (χ0) is 23.5. The van der Waals surface area contributed by atoms with Gasteiger partial charge in [0.2, 0.25) is 0 Å². The number of nitrogens with zero attached hydrogens (tertiary/aromatic N) is 3. The van der Waals surface area contributed by atoms with Crippen molar-refractivity contribution in [2.45, 2.75) is 6.92 Å². The first-order valence-corrected chi connectivity index (χ1v) is 10.5. The molecule has 170 valence electrons. The Labute approximate surface area is 190 Å². The molecular weight excluding hydrogens is 422 g/mol. The Morgan fingerprint density at radius 2 is 1.58 bits per heavy atom. The van der Waals surface area contributed by atoms with E-state index in [1.807, 2.05) is 43.3 Å². The highest BCUT2D eigenvalue weighted by Crippen LogP contribution is 2.26. The van der Waals surface area contributed by atoms with Crippen molar-refractivity contribution in [1.29, 1.82) is 0 Å². The summed E-state index contributed by atoms with van der Waals surface area (Å²) in [5, 5.41) is 9.21. The van der Waals surface area contributed by atoms with Crippen LogP contribution in [0.1, 0.15) is 16.1 Å². The van der Waals surface area contributed by atoms with Crippen molar-refractivity contribution in [3.63, 3.8) is 0 Å². The van der Waals surface area contributed by atoms with Gasteiger partial charge >= 0.3 is 11.7 Å². The Morgan fingerprint density at radius 3 is 2.09 bits per heavy atom. The van der Waals surface area contributed by atoms with Crippen LogP contribution < -0.4 is 10.4 Å². The summed E-state index contributed by atoms with van der Waals surface area (Å²) < 4.78 is 14.4. The second-order valence-corrected chi connectivity index (χ2v) is 7.90. The lowest BCUT2D eigenvalue weighted by atomic mass is 10.1. The number of benzene rings is 2. The molecule has 0 radical (unpaired) electrons. The predicted molar refractivity (Wildman–Crippen MR) is 125 cm³/mol. The van der Waals surface area contributed by atoms with Crippen LogP contribution in [0.25, 0.3) is 22.7 Å². The fourth-order valence-corrected chi connectivity index (χ4v) is 3.44. The first-order chi connectivity index (χ1) is 15.8. The van der Waals surface area contributed by atoms with E-state index >= 15 is 0 Å². The number of hydrogen-bond donors (Lipinski definition) is 1. The van der Waals surface area contributed by atoms with Gasteiger partial charge in [0.25, 0.3) is 0 Å². The van der Waals surface area contributed by atoms with Crippen molar-refractivity contribution in [3.05, 3.63) is 88.8 Å². The van der Waals surface area contributed by atoms with Gasteiger partial charge < -0.3 is 19.2 Å². The summed E-state index contributed by atoms with van der Waals surface area (Å²) in [4.78, 5) is 26.3. The van der Waals surface area contributed by atoms with Crippen molar-refractivity contribution in [2.24, 2.45) is 0 Å². The van der Waals surface area contributed by atoms with Gasteiger partial charge in [-0.2, -0.15) is 0 Å². The molecule has 33 heavy (non-hydrogen) atoms. The molecule has 0 unspecified atom stereocenters. The molecule has 0 amide bonds. The third-order valence-corrected chi connectivity index (χ3v) is 5.28. The van der Waals surface area contributed by atoms with Crippen LogP contribution in [0.15, 0.2) is 76.2 Å². The standard InChI is InChI=1S/C25H25N3O5/c1-17-22(24(29)30)16-23(33-17)18-4-6-19(7-5-18)27-12-13-28(25(27)31)20-8-10-21(11-9-20)32-15-14-26(2)3/h4-13,16H,14-15H2,1-3H3,(H,29,30). The summed E-state index contributed by atoms with van der Waals surface area (Å²) >= 11 is 0. The molecule has 0 aliphatic carbocycles. The summed E-state index contributed by atoms with van der Waals surface area (Å²) in [5.41, 5.74) is 2.09. The van der Waals surface area contributed by atoms with Crippen LogP contribution in [-0.2, 0) is 0 Å². The van der Waals surface area contributed by atoms with Crippen LogP contribution in [0.5, 0.6) is 5.75 Å². The number of ether oxygens (including phenoxy) is 1. The summed E-state index contributed by atoms with van der Waals surface area (Å²) in [6.45, 7) is 3.03. The molecule has 2 aromatic carbocycles. The van der Waals surface area contributed by atoms with E-state index in [1.165, 1.54) is 6.07 Å². The number of hydrogen-bond acceptors (Lipinski definition) is 5. The molecule has 1 N–H and O–H groups in total. The van der Waals surface area contributed by atoms with Gasteiger partial charge in [-0.3, -0.25) is 9.13 Å². The Hall–Kier alpha value is -4.04. The SMILES string of the molecule is Cc1oc(-c2ccc(-n3ccn(-c4ccc(OCCN(C)C)cc4)c3=O)cc2)cc1C(=O)O. The van der Waals surface area contributed by atoms with Gasteiger partial charge in [0.1, 0.15) is 29.4 Å². The summed E-state index contributed by atoms with van der Waals surface area (Å²) in [5.74, 6) is 0.543. The average molecular weight is 447 g/mol. The molecule has 0 spiro atoms. The third-order valence-electron chi connectivity index (χ3n) is 5.28. The molecule has 8 nitrogen and oxygen atoms in total. The highest BCUT2D eigenvalue weighted by atomic mass is 16.5. The monoisotopic (exact) mass is 447 g/mol. The molecule has 0 atom stereocenters. The van der Waals surface area contributed by atoms with Crippen LogP contribution in [0.3, 0.4) is 0 Å². The van der Waals surface area contributed by atoms with Crippen molar-refractivity contribution in [1.82, 2.24) is 14.0 Å². The molecule has 0 fully saturated rings. The predicted octanol–water partition coefficient (Wildman–Crippen LogP) is 3.84. The molecule has 2 aromatic heterocycles. The molecule has 0 aliphatic rings. The number of likely N-dealkylation sites (N-methyl/N-ethyl adjacent to an activating group) is 1. The Bertz CT molecular complexity index is 1310. The Balaban J connectivity index is 1.52. The lowest BCUT2D eigenvalue weighted by Crippen LogP contribution is -2.21. The molecule has 2 heterocycles. The van der Waals surface area contributed by atoms with Crippen LogP contribution in [0.2, 0.25) is 0 Å². The zero-order valence-electron chi connectivity index (χ0n) is 18.7. The van der Waals surface area contributed by atoms with Gasteiger partial charge in [-0.15, -0.1) is 0 Å². The Morgan fingerprint density at radius 1 is 1.00 bits per heavy atom. The van der Waals surface area contributed by atoms with E-state index in [0.717, 1.165) is 23.5 Å². The van der Waals surface area contributed by atoms with E-state index in [2.05, 4.69) is 0 Å². The van der Waals surface area contributed by atoms with Crippen LogP contribution in [-0.4, -0.2) is 52.4 Å². The number of carboxylic acids is 1. The number of aryl methyl sites for hydroxylation is 1. The van der Waals surface area contributed by atoms with E-state index < -0.39 is 5.97 Å². The number of aromatic nitrogens is 2. The van der Waals surface area contributed by atoms with Gasteiger partial charge in [-0.1, -0.05) is 0 Å². The highest BCUT2D eigenvalue weighted by molar-refractivity contribution is 5.90. The van der Waals surface area contributed by atoms with Gasteiger partial charge in [0.05, 0.1) is 11.4 Å². The van der Waals surface area contributed by atoms with Gasteiger partial charge in [0, 0.05) is 24.5 Å². The van der Waals surface area contributed by atoms with E-state index in [0.29, 0.717) is 23.8 Å². The largest absolute Gasteiger partial charge is 0.492 e.